The molecule has 1 nitrogen and oxygen atoms in total. The molecule has 0 aliphatic heterocycles. The predicted molar refractivity (Wildman–Crippen MR) is 130 cm³/mol. The standard InChI is InChI=1S/C28H43N/c1-5-7-9-11-23(3)21-25-13-17-27(18-14-25)29-28-19-15-26(16-20-28)22-24(4)12-10-8-6-2/h13-20,23-24,29H,5-12,21-22H2,1-4H3. The van der Waals surface area contributed by atoms with Crippen LogP contribution in [0.5, 0.6) is 0 Å². The van der Waals surface area contributed by atoms with E-state index in [0.717, 1.165) is 11.8 Å². The molecule has 2 aromatic carbocycles. The lowest BCUT2D eigenvalue weighted by Gasteiger charge is -2.13. The molecule has 0 radical (unpaired) electrons. The zero-order valence-corrected chi connectivity index (χ0v) is 19.3. The van der Waals surface area contributed by atoms with Gasteiger partial charge in [0.25, 0.3) is 0 Å². The molecular weight excluding hydrogens is 350 g/mol. The molecule has 0 amide bonds. The summed E-state index contributed by atoms with van der Waals surface area (Å²) in [6.07, 6.45) is 13.2. The van der Waals surface area contributed by atoms with Crippen LogP contribution in [0, 0.1) is 11.8 Å². The van der Waals surface area contributed by atoms with E-state index in [1.807, 2.05) is 0 Å². The lowest BCUT2D eigenvalue weighted by Crippen LogP contribution is -2.01. The number of anilines is 2. The summed E-state index contributed by atoms with van der Waals surface area (Å²) >= 11 is 0. The van der Waals surface area contributed by atoms with Gasteiger partial charge in [-0.15, -0.1) is 0 Å². The van der Waals surface area contributed by atoms with Crippen LogP contribution in [0.15, 0.2) is 48.5 Å². The fraction of sp³-hybridized carbons (Fsp3) is 0.571. The molecule has 1 N–H and O–H groups in total. The van der Waals surface area contributed by atoms with Gasteiger partial charge in [-0.05, 0) is 60.1 Å². The maximum Gasteiger partial charge on any atom is 0.0384 e. The van der Waals surface area contributed by atoms with Crippen molar-refractivity contribution in [1.29, 1.82) is 0 Å². The Morgan fingerprint density at radius 2 is 0.966 bits per heavy atom. The van der Waals surface area contributed by atoms with Gasteiger partial charge in [0.1, 0.15) is 0 Å². The van der Waals surface area contributed by atoms with Crippen molar-refractivity contribution in [2.75, 3.05) is 5.32 Å². The molecule has 0 spiro atoms. The highest BCUT2D eigenvalue weighted by Crippen LogP contribution is 2.22. The van der Waals surface area contributed by atoms with E-state index in [1.54, 1.807) is 0 Å². The van der Waals surface area contributed by atoms with E-state index in [-0.39, 0.29) is 0 Å². The van der Waals surface area contributed by atoms with Crippen molar-refractivity contribution in [3.05, 3.63) is 59.7 Å². The third kappa shape index (κ3) is 9.52. The van der Waals surface area contributed by atoms with Crippen molar-refractivity contribution in [1.82, 2.24) is 0 Å². The minimum absolute atomic E-state index is 0.775. The van der Waals surface area contributed by atoms with Crippen LogP contribution in [0.2, 0.25) is 0 Å². The van der Waals surface area contributed by atoms with Crippen molar-refractivity contribution in [2.45, 2.75) is 91.9 Å². The summed E-state index contributed by atoms with van der Waals surface area (Å²) in [6, 6.07) is 18.0. The number of nitrogens with one attached hydrogen (secondary N) is 1. The summed E-state index contributed by atoms with van der Waals surface area (Å²) < 4.78 is 0. The van der Waals surface area contributed by atoms with Gasteiger partial charge >= 0.3 is 0 Å². The molecule has 0 aromatic heterocycles. The molecule has 2 atom stereocenters. The van der Waals surface area contributed by atoms with Crippen molar-refractivity contribution in [3.63, 3.8) is 0 Å². The first-order valence-corrected chi connectivity index (χ1v) is 12.1. The van der Waals surface area contributed by atoms with Gasteiger partial charge in [0.15, 0.2) is 0 Å². The second-order valence-electron chi connectivity index (χ2n) is 9.13. The first-order valence-electron chi connectivity index (χ1n) is 12.1. The van der Waals surface area contributed by atoms with E-state index in [4.69, 9.17) is 0 Å². The monoisotopic (exact) mass is 393 g/mol. The SMILES string of the molecule is CCCCCC(C)Cc1ccc(Nc2ccc(CC(C)CCCCC)cc2)cc1. The van der Waals surface area contributed by atoms with E-state index in [1.165, 1.54) is 86.7 Å². The maximum absolute atomic E-state index is 3.55. The first-order chi connectivity index (χ1) is 14.1. The van der Waals surface area contributed by atoms with E-state index in [9.17, 15) is 0 Å². The van der Waals surface area contributed by atoms with E-state index in [0.29, 0.717) is 0 Å². The Hall–Kier alpha value is -1.76. The molecular formula is C28H43N. The van der Waals surface area contributed by atoms with Crippen LogP contribution in [0.1, 0.15) is 90.2 Å². The van der Waals surface area contributed by atoms with Crippen LogP contribution >= 0.6 is 0 Å². The zero-order valence-electron chi connectivity index (χ0n) is 19.3. The van der Waals surface area contributed by atoms with Gasteiger partial charge < -0.3 is 5.32 Å². The fourth-order valence-electron chi connectivity index (χ4n) is 4.11. The highest BCUT2D eigenvalue weighted by Gasteiger charge is 2.05. The Kier molecular flexibility index (Phi) is 10.9. The van der Waals surface area contributed by atoms with Gasteiger partial charge in [-0.3, -0.25) is 0 Å². The Morgan fingerprint density at radius 1 is 0.586 bits per heavy atom. The Labute approximate surface area is 180 Å². The highest BCUT2D eigenvalue weighted by atomic mass is 14.9. The second-order valence-corrected chi connectivity index (χ2v) is 9.13. The number of unbranched alkanes of at least 4 members (excludes halogenated alkanes) is 4. The molecule has 0 aliphatic carbocycles. The zero-order chi connectivity index (χ0) is 20.9. The predicted octanol–water partition coefficient (Wildman–Crippen LogP) is 8.95. The van der Waals surface area contributed by atoms with Crippen LogP contribution in [-0.4, -0.2) is 0 Å². The molecule has 0 aliphatic rings. The third-order valence-corrected chi connectivity index (χ3v) is 5.97. The van der Waals surface area contributed by atoms with E-state index >= 15 is 0 Å². The van der Waals surface area contributed by atoms with Crippen LogP contribution in [0.4, 0.5) is 11.4 Å². The molecule has 160 valence electrons. The lowest BCUT2D eigenvalue weighted by molar-refractivity contribution is 0.493. The molecule has 0 heterocycles. The van der Waals surface area contributed by atoms with Crippen molar-refractivity contribution in [2.24, 2.45) is 11.8 Å². The lowest BCUT2D eigenvalue weighted by atomic mass is 9.95. The molecule has 0 saturated carbocycles. The average molecular weight is 394 g/mol. The van der Waals surface area contributed by atoms with Crippen molar-refractivity contribution in [3.8, 4) is 0 Å². The summed E-state index contributed by atoms with van der Waals surface area (Å²) in [5.74, 6) is 1.55. The quantitative estimate of drug-likeness (QED) is 0.316. The molecule has 1 heteroatoms. The summed E-state index contributed by atoms with van der Waals surface area (Å²) in [5, 5.41) is 3.55. The van der Waals surface area contributed by atoms with Crippen LogP contribution in [0.3, 0.4) is 0 Å². The van der Waals surface area contributed by atoms with Crippen molar-refractivity contribution >= 4 is 11.4 Å². The van der Waals surface area contributed by atoms with Gasteiger partial charge in [-0.2, -0.15) is 0 Å². The minimum atomic E-state index is 0.775. The second kappa shape index (κ2) is 13.5. The normalized spacial score (nSPS) is 13.2. The average Bonchev–Trinajstić information content (AvgIpc) is 2.71. The van der Waals surface area contributed by atoms with Crippen LogP contribution < -0.4 is 5.32 Å². The molecule has 0 saturated heterocycles. The minimum Gasteiger partial charge on any atom is -0.356 e. The van der Waals surface area contributed by atoms with E-state index in [2.05, 4.69) is 81.5 Å². The van der Waals surface area contributed by atoms with Gasteiger partial charge in [0, 0.05) is 11.4 Å². The number of hydrogen-bond donors (Lipinski definition) is 1. The smallest absolute Gasteiger partial charge is 0.0384 e. The van der Waals surface area contributed by atoms with Crippen LogP contribution in [0.25, 0.3) is 0 Å². The van der Waals surface area contributed by atoms with Crippen molar-refractivity contribution < 1.29 is 0 Å². The number of rotatable bonds is 14. The van der Waals surface area contributed by atoms with Gasteiger partial charge in [-0.25, -0.2) is 0 Å². The molecule has 0 bridgehead atoms. The highest BCUT2D eigenvalue weighted by molar-refractivity contribution is 5.60. The molecule has 0 fully saturated rings. The number of hydrogen-bond acceptors (Lipinski definition) is 1. The molecule has 2 aromatic rings. The number of benzene rings is 2. The molecule has 2 unspecified atom stereocenters. The Bertz CT molecular complexity index is 596. The van der Waals surface area contributed by atoms with Gasteiger partial charge in [0.05, 0.1) is 0 Å². The van der Waals surface area contributed by atoms with E-state index < -0.39 is 0 Å². The summed E-state index contributed by atoms with van der Waals surface area (Å²) in [7, 11) is 0. The van der Waals surface area contributed by atoms with Gasteiger partial charge in [0.2, 0.25) is 0 Å². The summed E-state index contributed by atoms with van der Waals surface area (Å²) in [4.78, 5) is 0. The molecule has 2 rings (SSSR count). The fourth-order valence-corrected chi connectivity index (χ4v) is 4.11. The van der Waals surface area contributed by atoms with Gasteiger partial charge in [-0.1, -0.05) is 103 Å². The Morgan fingerprint density at radius 3 is 1.31 bits per heavy atom. The summed E-state index contributed by atoms with van der Waals surface area (Å²) in [6.45, 7) is 9.32. The largest absolute Gasteiger partial charge is 0.356 e. The first kappa shape index (κ1) is 23.5. The third-order valence-electron chi connectivity index (χ3n) is 5.97. The summed E-state index contributed by atoms with van der Waals surface area (Å²) in [5.41, 5.74) is 5.25. The Balaban J connectivity index is 1.79. The maximum atomic E-state index is 3.55. The topological polar surface area (TPSA) is 12.0 Å². The molecule has 29 heavy (non-hydrogen) atoms. The van der Waals surface area contributed by atoms with Crippen LogP contribution in [-0.2, 0) is 12.8 Å².